The summed E-state index contributed by atoms with van der Waals surface area (Å²) in [6.07, 6.45) is 2.01. The van der Waals surface area contributed by atoms with Crippen LogP contribution in [0.5, 0.6) is 0 Å². The molecule has 0 fully saturated rings. The predicted molar refractivity (Wildman–Crippen MR) is 94.7 cm³/mol. The number of hydrogen-bond donors (Lipinski definition) is 1. The van der Waals surface area contributed by atoms with Crippen molar-refractivity contribution < 1.29 is 4.79 Å². The summed E-state index contributed by atoms with van der Waals surface area (Å²) < 4.78 is 2.56. The van der Waals surface area contributed by atoms with E-state index in [0.29, 0.717) is 23.4 Å². The number of aromatic nitrogens is 2. The van der Waals surface area contributed by atoms with E-state index in [4.69, 9.17) is 0 Å². The molecule has 6 nitrogen and oxygen atoms in total. The number of anilines is 1. The summed E-state index contributed by atoms with van der Waals surface area (Å²) in [6, 6.07) is 9.56. The summed E-state index contributed by atoms with van der Waals surface area (Å²) in [5, 5.41) is 3.21. The van der Waals surface area contributed by atoms with Gasteiger partial charge >= 0.3 is 5.69 Å². The Morgan fingerprint density at radius 3 is 2.44 bits per heavy atom. The van der Waals surface area contributed by atoms with Crippen LogP contribution in [0.25, 0.3) is 0 Å². The summed E-state index contributed by atoms with van der Waals surface area (Å²) in [6.45, 7) is 0. The van der Waals surface area contributed by atoms with Gasteiger partial charge in [-0.2, -0.15) is 0 Å². The van der Waals surface area contributed by atoms with Crippen LogP contribution in [0.3, 0.4) is 0 Å². The van der Waals surface area contributed by atoms with Gasteiger partial charge in [0.1, 0.15) is 5.82 Å². The lowest BCUT2D eigenvalue weighted by atomic mass is 9.76. The van der Waals surface area contributed by atoms with E-state index >= 15 is 0 Å². The molecule has 0 saturated heterocycles. The van der Waals surface area contributed by atoms with Crippen LogP contribution in [-0.2, 0) is 18.9 Å². The Balaban J connectivity index is 2.10. The van der Waals surface area contributed by atoms with Gasteiger partial charge in [-0.05, 0) is 18.4 Å². The van der Waals surface area contributed by atoms with Gasteiger partial charge in [0, 0.05) is 37.7 Å². The summed E-state index contributed by atoms with van der Waals surface area (Å²) >= 11 is 0. The summed E-state index contributed by atoms with van der Waals surface area (Å²) in [4.78, 5) is 38.0. The lowest BCUT2D eigenvalue weighted by Gasteiger charge is -2.34. The minimum Gasteiger partial charge on any atom is -0.344 e. The average Bonchev–Trinajstić information content (AvgIpc) is 2.64. The molecule has 0 bridgehead atoms. The molecule has 2 aliphatic rings. The van der Waals surface area contributed by atoms with Crippen molar-refractivity contribution in [1.29, 1.82) is 0 Å². The van der Waals surface area contributed by atoms with Gasteiger partial charge in [-0.15, -0.1) is 0 Å². The Bertz CT molecular complexity index is 1030. The molecule has 1 aromatic carbocycles. The van der Waals surface area contributed by atoms with Crippen molar-refractivity contribution in [3.8, 4) is 0 Å². The number of carbonyl (C=O) groups is 1. The third-order valence-electron chi connectivity index (χ3n) is 5.14. The highest BCUT2D eigenvalue weighted by molar-refractivity contribution is 6.00. The number of carbonyl (C=O) groups excluding carboxylic acids is 1. The number of rotatable bonds is 1. The fourth-order valence-corrected chi connectivity index (χ4v) is 3.88. The number of fused-ring (bicyclic) bond motifs is 1. The predicted octanol–water partition coefficient (Wildman–Crippen LogP) is 1.65. The molecule has 2 aromatic rings. The number of allylic oxidation sites excluding steroid dienone is 2. The van der Waals surface area contributed by atoms with Crippen molar-refractivity contribution in [3.63, 3.8) is 0 Å². The zero-order chi connectivity index (χ0) is 17.7. The summed E-state index contributed by atoms with van der Waals surface area (Å²) in [7, 11) is 3.12. The van der Waals surface area contributed by atoms with E-state index in [0.717, 1.165) is 28.7 Å². The highest BCUT2D eigenvalue weighted by atomic mass is 16.2. The zero-order valence-corrected chi connectivity index (χ0v) is 14.2. The lowest BCUT2D eigenvalue weighted by molar-refractivity contribution is -0.116. The monoisotopic (exact) mass is 337 g/mol. The lowest BCUT2D eigenvalue weighted by Crippen LogP contribution is -2.44. The highest BCUT2D eigenvalue weighted by Gasteiger charge is 2.38. The molecular weight excluding hydrogens is 318 g/mol. The van der Waals surface area contributed by atoms with Gasteiger partial charge < -0.3 is 5.32 Å². The molecule has 4 rings (SSSR count). The van der Waals surface area contributed by atoms with Crippen molar-refractivity contribution in [2.45, 2.75) is 25.2 Å². The second kappa shape index (κ2) is 5.58. The first kappa shape index (κ1) is 15.6. The molecule has 0 radical (unpaired) electrons. The van der Waals surface area contributed by atoms with Crippen LogP contribution in [-0.4, -0.2) is 14.9 Å². The van der Waals surface area contributed by atoms with E-state index in [1.165, 1.54) is 11.6 Å². The molecule has 0 unspecified atom stereocenters. The van der Waals surface area contributed by atoms with Gasteiger partial charge in [0.05, 0.1) is 5.56 Å². The number of nitrogens with zero attached hydrogens (tertiary/aromatic N) is 2. The van der Waals surface area contributed by atoms with Crippen LogP contribution in [0.4, 0.5) is 5.82 Å². The van der Waals surface area contributed by atoms with Crippen molar-refractivity contribution in [3.05, 3.63) is 73.6 Å². The number of hydrogen-bond acceptors (Lipinski definition) is 4. The van der Waals surface area contributed by atoms with E-state index in [-0.39, 0.29) is 17.0 Å². The Hall–Kier alpha value is -2.89. The van der Waals surface area contributed by atoms with E-state index in [9.17, 15) is 14.4 Å². The topological polar surface area (TPSA) is 73.1 Å². The number of ketones is 1. The second-order valence-electron chi connectivity index (χ2n) is 6.61. The standard InChI is InChI=1S/C19H19N3O3/c1-21-17-16(18(24)22(2)19(21)25)14(11-7-4-3-5-8-11)15-12(20-17)9-6-10-13(15)23/h3-5,7-8,14,20H,6,9-10H2,1-2H3/t14-/m0/s1. The molecule has 25 heavy (non-hydrogen) atoms. The third kappa shape index (κ3) is 2.21. The van der Waals surface area contributed by atoms with Gasteiger partial charge in [-0.1, -0.05) is 30.3 Å². The fraction of sp³-hybridized carbons (Fsp3) is 0.316. The Labute approximate surface area is 144 Å². The normalized spacial score (nSPS) is 19.3. The fourth-order valence-electron chi connectivity index (χ4n) is 3.88. The van der Waals surface area contributed by atoms with E-state index in [1.807, 2.05) is 30.3 Å². The summed E-state index contributed by atoms with van der Waals surface area (Å²) in [5.41, 5.74) is 2.12. The molecular formula is C19H19N3O3. The van der Waals surface area contributed by atoms with Gasteiger partial charge in [0.2, 0.25) is 0 Å². The van der Waals surface area contributed by atoms with E-state index in [1.54, 1.807) is 7.05 Å². The Morgan fingerprint density at radius 1 is 1.00 bits per heavy atom. The largest absolute Gasteiger partial charge is 0.344 e. The van der Waals surface area contributed by atoms with Crippen LogP contribution >= 0.6 is 0 Å². The maximum atomic E-state index is 12.9. The quantitative estimate of drug-likeness (QED) is 0.859. The molecule has 0 spiro atoms. The van der Waals surface area contributed by atoms with Crippen molar-refractivity contribution in [2.75, 3.05) is 5.32 Å². The van der Waals surface area contributed by atoms with E-state index < -0.39 is 5.92 Å². The zero-order valence-electron chi connectivity index (χ0n) is 14.2. The maximum absolute atomic E-state index is 12.9. The molecule has 1 aliphatic heterocycles. The van der Waals surface area contributed by atoms with Crippen molar-refractivity contribution >= 4 is 11.6 Å². The van der Waals surface area contributed by atoms with Crippen molar-refractivity contribution in [1.82, 2.24) is 9.13 Å². The molecule has 1 atom stereocenters. The minimum absolute atomic E-state index is 0.0733. The maximum Gasteiger partial charge on any atom is 0.332 e. The first-order valence-corrected chi connectivity index (χ1v) is 8.39. The molecule has 0 amide bonds. The number of benzene rings is 1. The first-order chi connectivity index (χ1) is 12.0. The van der Waals surface area contributed by atoms with Gasteiger partial charge in [0.25, 0.3) is 5.56 Å². The van der Waals surface area contributed by atoms with Gasteiger partial charge in [0.15, 0.2) is 5.78 Å². The third-order valence-corrected chi connectivity index (χ3v) is 5.14. The van der Waals surface area contributed by atoms with Gasteiger partial charge in [-0.25, -0.2) is 4.79 Å². The number of nitrogens with one attached hydrogen (secondary N) is 1. The smallest absolute Gasteiger partial charge is 0.332 e. The molecule has 1 aliphatic carbocycles. The molecule has 128 valence electrons. The van der Waals surface area contributed by atoms with Gasteiger partial charge in [-0.3, -0.25) is 18.7 Å². The van der Waals surface area contributed by atoms with Crippen LogP contribution in [0.2, 0.25) is 0 Å². The van der Waals surface area contributed by atoms with E-state index in [2.05, 4.69) is 5.32 Å². The Kier molecular flexibility index (Phi) is 3.49. The van der Waals surface area contributed by atoms with Crippen LogP contribution in [0.15, 0.2) is 51.2 Å². The highest BCUT2D eigenvalue weighted by Crippen LogP contribution is 2.43. The first-order valence-electron chi connectivity index (χ1n) is 8.39. The molecule has 1 aromatic heterocycles. The SMILES string of the molecule is Cn1c2c(c(=O)n(C)c1=O)[C@@H](c1ccccc1)C1=C(CCCC1=O)N2. The van der Waals surface area contributed by atoms with Crippen LogP contribution < -0.4 is 16.6 Å². The minimum atomic E-state index is -0.439. The summed E-state index contributed by atoms with van der Waals surface area (Å²) in [5.74, 6) is 0.130. The van der Waals surface area contributed by atoms with Crippen LogP contribution in [0, 0.1) is 0 Å². The molecule has 6 heteroatoms. The number of Topliss-reactive ketones (excluding diaryl/α,β-unsaturated/α-hetero) is 1. The Morgan fingerprint density at radius 2 is 1.72 bits per heavy atom. The average molecular weight is 337 g/mol. The van der Waals surface area contributed by atoms with Crippen LogP contribution in [0.1, 0.15) is 36.3 Å². The second-order valence-corrected chi connectivity index (χ2v) is 6.61. The molecule has 1 N–H and O–H groups in total. The molecule has 0 saturated carbocycles. The molecule has 2 heterocycles. The van der Waals surface area contributed by atoms with Crippen molar-refractivity contribution in [2.24, 2.45) is 14.1 Å².